The molecule has 1 atom stereocenters. The third-order valence-corrected chi connectivity index (χ3v) is 4.68. The van der Waals surface area contributed by atoms with Crippen molar-refractivity contribution in [1.82, 2.24) is 14.9 Å². The molecule has 6 nitrogen and oxygen atoms in total. The number of amides is 1. The van der Waals surface area contributed by atoms with Gasteiger partial charge in [-0.1, -0.05) is 41.9 Å². The Morgan fingerprint density at radius 1 is 1.28 bits per heavy atom. The van der Waals surface area contributed by atoms with Crippen LogP contribution in [0.3, 0.4) is 0 Å². The second kappa shape index (κ2) is 8.16. The maximum absolute atomic E-state index is 12.6. The molecule has 1 fully saturated rings. The van der Waals surface area contributed by atoms with Crippen molar-refractivity contribution < 1.29 is 4.79 Å². The van der Waals surface area contributed by atoms with Crippen molar-refractivity contribution in [2.24, 2.45) is 0 Å². The number of hydrogen-bond donors (Lipinski definition) is 2. The summed E-state index contributed by atoms with van der Waals surface area (Å²) in [6.45, 7) is 1.54. The highest BCUT2D eigenvalue weighted by Gasteiger charge is 2.32. The average molecular weight is 360 g/mol. The minimum absolute atomic E-state index is 0.116. The Kier molecular flexibility index (Phi) is 5.71. The maximum atomic E-state index is 12.6. The molecule has 0 aliphatic carbocycles. The van der Waals surface area contributed by atoms with Crippen LogP contribution in [-0.2, 0) is 11.2 Å². The Hall–Kier alpha value is -2.34. The number of carbonyl (C=O) groups is 1. The number of aromatic nitrogens is 2. The minimum atomic E-state index is -0.269. The fourth-order valence-corrected chi connectivity index (χ4v) is 3.30. The summed E-state index contributed by atoms with van der Waals surface area (Å²) in [4.78, 5) is 22.7. The predicted molar refractivity (Wildman–Crippen MR) is 100.0 cm³/mol. The van der Waals surface area contributed by atoms with Gasteiger partial charge in [0.1, 0.15) is 18.1 Å². The Morgan fingerprint density at radius 3 is 2.84 bits per heavy atom. The van der Waals surface area contributed by atoms with E-state index < -0.39 is 0 Å². The summed E-state index contributed by atoms with van der Waals surface area (Å²) in [6.07, 6.45) is 4.09. The first kappa shape index (κ1) is 17.5. The molecule has 3 rings (SSSR count). The third kappa shape index (κ3) is 4.20. The maximum Gasteiger partial charge on any atom is 0.245 e. The molecule has 0 bridgehead atoms. The van der Waals surface area contributed by atoms with Gasteiger partial charge in [0.25, 0.3) is 0 Å². The SMILES string of the molecule is CNc1c(Cl)ncnc1NC1CCN(CCCc2ccccc2)C1=O. The molecule has 1 saturated heterocycles. The molecule has 2 aromatic rings. The number of carbonyl (C=O) groups excluding carboxylic acids is 1. The molecule has 1 aromatic carbocycles. The van der Waals surface area contributed by atoms with Gasteiger partial charge in [0.15, 0.2) is 11.0 Å². The second-order valence-corrected chi connectivity index (χ2v) is 6.40. The lowest BCUT2D eigenvalue weighted by Crippen LogP contribution is -2.34. The largest absolute Gasteiger partial charge is 0.383 e. The zero-order valence-corrected chi connectivity index (χ0v) is 15.0. The van der Waals surface area contributed by atoms with Crippen LogP contribution in [-0.4, -0.2) is 47.0 Å². The summed E-state index contributed by atoms with van der Waals surface area (Å²) in [6, 6.07) is 10.1. The van der Waals surface area contributed by atoms with Crippen LogP contribution in [0.25, 0.3) is 0 Å². The van der Waals surface area contributed by atoms with Gasteiger partial charge < -0.3 is 15.5 Å². The van der Waals surface area contributed by atoms with Gasteiger partial charge in [-0.2, -0.15) is 0 Å². The van der Waals surface area contributed by atoms with Gasteiger partial charge >= 0.3 is 0 Å². The third-order valence-electron chi connectivity index (χ3n) is 4.40. The van der Waals surface area contributed by atoms with Gasteiger partial charge in [0, 0.05) is 20.1 Å². The molecule has 1 amide bonds. The molecule has 0 saturated carbocycles. The lowest BCUT2D eigenvalue weighted by Gasteiger charge is -2.18. The first-order valence-electron chi connectivity index (χ1n) is 8.46. The van der Waals surface area contributed by atoms with Gasteiger partial charge in [-0.3, -0.25) is 4.79 Å². The number of hydrogen-bond acceptors (Lipinski definition) is 5. The molecular formula is C18H22ClN5O. The Morgan fingerprint density at radius 2 is 2.08 bits per heavy atom. The number of nitrogens with zero attached hydrogens (tertiary/aromatic N) is 3. The van der Waals surface area contributed by atoms with Gasteiger partial charge in [0.05, 0.1) is 0 Å². The Balaban J connectivity index is 1.54. The van der Waals surface area contributed by atoms with Crippen LogP contribution in [0.4, 0.5) is 11.5 Å². The number of anilines is 2. The quantitative estimate of drug-likeness (QED) is 0.744. The van der Waals surface area contributed by atoms with Crippen LogP contribution in [0, 0.1) is 0 Å². The van der Waals surface area contributed by atoms with Gasteiger partial charge in [-0.25, -0.2) is 9.97 Å². The zero-order valence-electron chi connectivity index (χ0n) is 14.2. The number of likely N-dealkylation sites (tertiary alicyclic amines) is 1. The number of aryl methyl sites for hydroxylation is 1. The lowest BCUT2D eigenvalue weighted by atomic mass is 10.1. The van der Waals surface area contributed by atoms with E-state index >= 15 is 0 Å². The highest BCUT2D eigenvalue weighted by molar-refractivity contribution is 6.32. The summed E-state index contributed by atoms with van der Waals surface area (Å²) in [7, 11) is 1.75. The van der Waals surface area contributed by atoms with Crippen LogP contribution in [0.2, 0.25) is 5.15 Å². The average Bonchev–Trinajstić information content (AvgIpc) is 2.96. The first-order chi connectivity index (χ1) is 12.2. The summed E-state index contributed by atoms with van der Waals surface area (Å²) in [5, 5.41) is 6.51. The minimum Gasteiger partial charge on any atom is -0.383 e. The van der Waals surface area contributed by atoms with Crippen LogP contribution in [0.1, 0.15) is 18.4 Å². The van der Waals surface area contributed by atoms with Crippen molar-refractivity contribution in [3.63, 3.8) is 0 Å². The number of halogens is 1. The Labute approximate surface area is 152 Å². The lowest BCUT2D eigenvalue weighted by molar-refractivity contribution is -0.128. The highest BCUT2D eigenvalue weighted by Crippen LogP contribution is 2.27. The van der Waals surface area contributed by atoms with E-state index in [9.17, 15) is 4.79 Å². The molecule has 2 heterocycles. The summed E-state index contributed by atoms with van der Waals surface area (Å²) < 4.78 is 0. The molecule has 0 spiro atoms. The van der Waals surface area contributed by atoms with Crippen LogP contribution < -0.4 is 10.6 Å². The standard InChI is InChI=1S/C18H22ClN5O/c1-20-15-16(19)21-12-22-17(15)23-14-9-11-24(18(14)25)10-5-8-13-6-3-2-4-7-13/h2-4,6-7,12,14,20H,5,8-11H2,1H3,(H,21,22,23). The summed E-state index contributed by atoms with van der Waals surface area (Å²) in [5.41, 5.74) is 1.91. The highest BCUT2D eigenvalue weighted by atomic mass is 35.5. The van der Waals surface area contributed by atoms with E-state index in [2.05, 4.69) is 32.7 Å². The molecule has 2 N–H and O–H groups in total. The second-order valence-electron chi connectivity index (χ2n) is 6.04. The van der Waals surface area contributed by atoms with Crippen LogP contribution in [0.5, 0.6) is 0 Å². The summed E-state index contributed by atoms with van der Waals surface area (Å²) >= 11 is 6.06. The van der Waals surface area contributed by atoms with Crippen molar-refractivity contribution in [3.8, 4) is 0 Å². The van der Waals surface area contributed by atoms with Crippen molar-refractivity contribution in [1.29, 1.82) is 0 Å². The molecule has 1 aliphatic rings. The molecule has 1 aliphatic heterocycles. The van der Waals surface area contributed by atoms with E-state index in [-0.39, 0.29) is 11.9 Å². The monoisotopic (exact) mass is 359 g/mol. The van der Waals surface area contributed by atoms with Crippen LogP contribution in [0.15, 0.2) is 36.7 Å². The summed E-state index contributed by atoms with van der Waals surface area (Å²) in [5.74, 6) is 0.678. The normalized spacial score (nSPS) is 17.0. The molecule has 25 heavy (non-hydrogen) atoms. The number of rotatable bonds is 7. The van der Waals surface area contributed by atoms with Gasteiger partial charge in [-0.05, 0) is 24.8 Å². The molecule has 1 aromatic heterocycles. The first-order valence-corrected chi connectivity index (χ1v) is 8.84. The van der Waals surface area contributed by atoms with E-state index in [1.54, 1.807) is 7.05 Å². The Bertz CT molecular complexity index is 725. The zero-order chi connectivity index (χ0) is 17.6. The van der Waals surface area contributed by atoms with Crippen LogP contribution >= 0.6 is 11.6 Å². The molecule has 1 unspecified atom stereocenters. The van der Waals surface area contributed by atoms with E-state index in [4.69, 9.17) is 11.6 Å². The van der Waals surface area contributed by atoms with Crippen molar-refractivity contribution in [2.45, 2.75) is 25.3 Å². The fourth-order valence-electron chi connectivity index (χ4n) is 3.07. The number of benzene rings is 1. The van der Waals surface area contributed by atoms with Crippen molar-refractivity contribution >= 4 is 29.0 Å². The van der Waals surface area contributed by atoms with E-state index in [0.29, 0.717) is 16.7 Å². The molecular weight excluding hydrogens is 338 g/mol. The van der Waals surface area contributed by atoms with E-state index in [1.807, 2.05) is 23.1 Å². The van der Waals surface area contributed by atoms with E-state index in [0.717, 1.165) is 32.4 Å². The fraction of sp³-hybridized carbons (Fsp3) is 0.389. The molecule has 132 valence electrons. The smallest absolute Gasteiger partial charge is 0.245 e. The van der Waals surface area contributed by atoms with Crippen molar-refractivity contribution in [3.05, 3.63) is 47.4 Å². The van der Waals surface area contributed by atoms with Gasteiger partial charge in [-0.15, -0.1) is 0 Å². The van der Waals surface area contributed by atoms with Gasteiger partial charge in [0.2, 0.25) is 5.91 Å². The van der Waals surface area contributed by atoms with E-state index in [1.165, 1.54) is 11.9 Å². The predicted octanol–water partition coefficient (Wildman–Crippen LogP) is 2.82. The molecule has 7 heteroatoms. The number of nitrogens with one attached hydrogen (secondary N) is 2. The van der Waals surface area contributed by atoms with Crippen molar-refractivity contribution in [2.75, 3.05) is 30.8 Å². The molecule has 0 radical (unpaired) electrons. The topological polar surface area (TPSA) is 70.2 Å².